The Kier molecular flexibility index (Phi) is 8.35. The molecule has 1 aromatic rings. The van der Waals surface area contributed by atoms with E-state index in [9.17, 15) is 0 Å². The maximum atomic E-state index is 6.07. The maximum absolute atomic E-state index is 6.07. The van der Waals surface area contributed by atoms with E-state index >= 15 is 0 Å². The fourth-order valence-electron chi connectivity index (χ4n) is 1.58. The van der Waals surface area contributed by atoms with Crippen LogP contribution in [-0.2, 0) is 0 Å². The molecule has 17 heavy (non-hydrogen) atoms. The van der Waals surface area contributed by atoms with Gasteiger partial charge in [-0.1, -0.05) is 24.1 Å². The van der Waals surface area contributed by atoms with Crippen molar-refractivity contribution < 1.29 is 4.74 Å². The molecule has 1 aromatic carbocycles. The van der Waals surface area contributed by atoms with Gasteiger partial charge in [0.25, 0.3) is 0 Å². The van der Waals surface area contributed by atoms with Crippen molar-refractivity contribution >= 4 is 24.0 Å². The summed E-state index contributed by atoms with van der Waals surface area (Å²) in [7, 11) is 1.60. The normalized spacial score (nSPS) is 11.8. The van der Waals surface area contributed by atoms with Crippen LogP contribution in [0.2, 0.25) is 5.02 Å². The van der Waals surface area contributed by atoms with Gasteiger partial charge in [0, 0.05) is 6.04 Å². The molecule has 0 aromatic heterocycles. The molecule has 0 amide bonds. The molecule has 5 heteroatoms. The van der Waals surface area contributed by atoms with E-state index in [1.54, 1.807) is 7.11 Å². The van der Waals surface area contributed by atoms with Crippen LogP contribution in [0.5, 0.6) is 5.75 Å². The summed E-state index contributed by atoms with van der Waals surface area (Å²) in [4.78, 5) is 0. The molecule has 0 saturated heterocycles. The van der Waals surface area contributed by atoms with Gasteiger partial charge in [0.2, 0.25) is 0 Å². The van der Waals surface area contributed by atoms with Gasteiger partial charge in [-0.05, 0) is 37.1 Å². The number of hydrogen-bond acceptors (Lipinski definition) is 3. The molecular formula is C12H20Cl2N2O. The number of nitrogens with two attached hydrogens (primary N) is 2. The Morgan fingerprint density at radius 3 is 2.65 bits per heavy atom. The molecule has 0 radical (unpaired) electrons. The first-order chi connectivity index (χ1) is 7.69. The van der Waals surface area contributed by atoms with Crippen LogP contribution < -0.4 is 16.2 Å². The third-order valence-corrected chi connectivity index (χ3v) is 2.88. The number of halogens is 2. The monoisotopic (exact) mass is 278 g/mol. The van der Waals surface area contributed by atoms with E-state index in [0.29, 0.717) is 10.8 Å². The minimum Gasteiger partial charge on any atom is -0.495 e. The number of benzene rings is 1. The number of ether oxygens (including phenoxy) is 1. The predicted molar refractivity (Wildman–Crippen MR) is 75.1 cm³/mol. The van der Waals surface area contributed by atoms with Gasteiger partial charge in [-0.3, -0.25) is 0 Å². The Bertz CT molecular complexity index is 334. The lowest BCUT2D eigenvalue weighted by Gasteiger charge is -2.13. The molecule has 0 saturated carbocycles. The molecule has 1 rings (SSSR count). The zero-order chi connectivity index (χ0) is 12.0. The van der Waals surface area contributed by atoms with Crippen molar-refractivity contribution in [2.45, 2.75) is 25.3 Å². The molecule has 3 nitrogen and oxygen atoms in total. The van der Waals surface area contributed by atoms with Crippen LogP contribution in [0.1, 0.15) is 30.9 Å². The van der Waals surface area contributed by atoms with Crippen LogP contribution in [0.3, 0.4) is 0 Å². The quantitative estimate of drug-likeness (QED) is 0.787. The van der Waals surface area contributed by atoms with Crippen LogP contribution in [-0.4, -0.2) is 13.7 Å². The molecule has 0 aliphatic rings. The van der Waals surface area contributed by atoms with Gasteiger partial charge < -0.3 is 16.2 Å². The summed E-state index contributed by atoms with van der Waals surface area (Å²) in [5.41, 5.74) is 12.6. The number of rotatable bonds is 6. The van der Waals surface area contributed by atoms with E-state index < -0.39 is 0 Å². The highest BCUT2D eigenvalue weighted by molar-refractivity contribution is 6.32. The largest absolute Gasteiger partial charge is 0.495 e. The van der Waals surface area contributed by atoms with E-state index in [2.05, 4.69) is 0 Å². The first kappa shape index (κ1) is 16.5. The van der Waals surface area contributed by atoms with Crippen LogP contribution in [0, 0.1) is 0 Å². The average molecular weight is 279 g/mol. The average Bonchev–Trinajstić information content (AvgIpc) is 2.30. The smallest absolute Gasteiger partial charge is 0.137 e. The Morgan fingerprint density at radius 1 is 1.35 bits per heavy atom. The highest BCUT2D eigenvalue weighted by atomic mass is 35.5. The molecular weight excluding hydrogens is 259 g/mol. The lowest BCUT2D eigenvalue weighted by molar-refractivity contribution is 0.413. The minimum atomic E-state index is 0. The summed E-state index contributed by atoms with van der Waals surface area (Å²) in [5, 5.41) is 0.611. The van der Waals surface area contributed by atoms with Gasteiger partial charge in [0.1, 0.15) is 5.75 Å². The van der Waals surface area contributed by atoms with Crippen molar-refractivity contribution in [2.75, 3.05) is 13.7 Å². The van der Waals surface area contributed by atoms with Crippen molar-refractivity contribution in [3.63, 3.8) is 0 Å². The molecule has 98 valence electrons. The van der Waals surface area contributed by atoms with E-state index in [4.69, 9.17) is 27.8 Å². The highest BCUT2D eigenvalue weighted by Crippen LogP contribution is 2.28. The lowest BCUT2D eigenvalue weighted by atomic mass is 10.0. The fraction of sp³-hybridized carbons (Fsp3) is 0.500. The summed E-state index contributed by atoms with van der Waals surface area (Å²) < 4.78 is 5.15. The maximum Gasteiger partial charge on any atom is 0.137 e. The Morgan fingerprint density at radius 2 is 2.06 bits per heavy atom. The molecule has 0 aliphatic carbocycles. The third-order valence-electron chi connectivity index (χ3n) is 2.57. The molecule has 0 heterocycles. The van der Waals surface area contributed by atoms with E-state index in [0.717, 1.165) is 31.4 Å². The zero-order valence-corrected chi connectivity index (χ0v) is 11.6. The predicted octanol–water partition coefficient (Wildman–Crippen LogP) is 2.90. The summed E-state index contributed by atoms with van der Waals surface area (Å²) in [5.74, 6) is 0.674. The van der Waals surface area contributed by atoms with E-state index in [1.165, 1.54) is 0 Å². The standard InChI is InChI=1S/C12H19ClN2O.ClH/c1-16-12-8-9(5-6-10(12)13)11(15)4-2-3-7-14;/h5-6,8,11H,2-4,7,14-15H2,1H3;1H/t11-;/m1./s1. The van der Waals surface area contributed by atoms with E-state index in [-0.39, 0.29) is 18.4 Å². The summed E-state index contributed by atoms with van der Waals surface area (Å²) in [6.45, 7) is 0.719. The van der Waals surface area contributed by atoms with Crippen LogP contribution in [0.4, 0.5) is 0 Å². The Labute approximate surface area is 114 Å². The number of methoxy groups -OCH3 is 1. The van der Waals surface area contributed by atoms with Crippen molar-refractivity contribution in [1.82, 2.24) is 0 Å². The second-order valence-electron chi connectivity index (χ2n) is 3.78. The molecule has 4 N–H and O–H groups in total. The summed E-state index contributed by atoms with van der Waals surface area (Å²) in [6, 6.07) is 5.68. The fourth-order valence-corrected chi connectivity index (χ4v) is 1.78. The Balaban J connectivity index is 0.00000256. The van der Waals surface area contributed by atoms with Gasteiger partial charge in [-0.15, -0.1) is 12.4 Å². The first-order valence-electron chi connectivity index (χ1n) is 5.48. The summed E-state index contributed by atoms with van der Waals surface area (Å²) >= 11 is 5.95. The van der Waals surface area contributed by atoms with Gasteiger partial charge >= 0.3 is 0 Å². The van der Waals surface area contributed by atoms with Crippen LogP contribution in [0.25, 0.3) is 0 Å². The molecule has 0 unspecified atom stereocenters. The van der Waals surface area contributed by atoms with Crippen molar-refractivity contribution in [3.05, 3.63) is 28.8 Å². The lowest BCUT2D eigenvalue weighted by Crippen LogP contribution is -2.11. The first-order valence-corrected chi connectivity index (χ1v) is 5.86. The Hall–Kier alpha value is -0.480. The molecule has 1 atom stereocenters. The zero-order valence-electron chi connectivity index (χ0n) is 9.99. The molecule has 0 fully saturated rings. The summed E-state index contributed by atoms with van der Waals surface area (Å²) in [6.07, 6.45) is 2.99. The van der Waals surface area contributed by atoms with Crippen LogP contribution in [0.15, 0.2) is 18.2 Å². The second-order valence-corrected chi connectivity index (χ2v) is 4.19. The van der Waals surface area contributed by atoms with Gasteiger partial charge in [0.15, 0.2) is 0 Å². The molecule has 0 bridgehead atoms. The van der Waals surface area contributed by atoms with Crippen molar-refractivity contribution in [2.24, 2.45) is 11.5 Å². The second kappa shape index (κ2) is 8.59. The third kappa shape index (κ3) is 5.13. The topological polar surface area (TPSA) is 61.3 Å². The number of hydrogen-bond donors (Lipinski definition) is 2. The van der Waals surface area contributed by atoms with Gasteiger partial charge in [-0.25, -0.2) is 0 Å². The van der Waals surface area contributed by atoms with E-state index in [1.807, 2.05) is 18.2 Å². The number of unbranched alkanes of at least 4 members (excludes halogenated alkanes) is 1. The molecule has 0 spiro atoms. The van der Waals surface area contributed by atoms with Crippen molar-refractivity contribution in [1.29, 1.82) is 0 Å². The highest BCUT2D eigenvalue weighted by Gasteiger charge is 2.08. The SMILES string of the molecule is COc1cc([C@H](N)CCCCN)ccc1Cl.Cl. The van der Waals surface area contributed by atoms with Crippen LogP contribution >= 0.6 is 24.0 Å². The minimum absolute atomic E-state index is 0. The van der Waals surface area contributed by atoms with Crippen molar-refractivity contribution in [3.8, 4) is 5.75 Å². The van der Waals surface area contributed by atoms with Gasteiger partial charge in [0.05, 0.1) is 12.1 Å². The van der Waals surface area contributed by atoms with Gasteiger partial charge in [-0.2, -0.15) is 0 Å². The molecule has 0 aliphatic heterocycles.